The average Bonchev–Trinajstić information content (AvgIpc) is 2.51. The number of hydrogen-bond donors (Lipinski definition) is 0. The lowest BCUT2D eigenvalue weighted by Gasteiger charge is -2.32. The molecule has 1 aromatic carbocycles. The molecule has 0 bridgehead atoms. The zero-order chi connectivity index (χ0) is 19.1. The van der Waals surface area contributed by atoms with Gasteiger partial charge in [-0.05, 0) is 13.0 Å². The number of anilines is 1. The van der Waals surface area contributed by atoms with Gasteiger partial charge < -0.3 is 9.74 Å². The predicted octanol–water partition coefficient (Wildman–Crippen LogP) is 2.80. The van der Waals surface area contributed by atoms with Gasteiger partial charge in [0, 0.05) is 6.07 Å². The number of hydrogen-bond acceptors (Lipinski definition) is 8. The van der Waals surface area contributed by atoms with Gasteiger partial charge in [0.2, 0.25) is 0 Å². The highest BCUT2D eigenvalue weighted by Gasteiger charge is 2.35. The smallest absolute Gasteiger partial charge is 0.396 e. The minimum atomic E-state index is -4.81. The number of alkyl halides is 3. The number of rotatable bonds is 4. The number of nitro benzene ring substituents is 1. The van der Waals surface area contributed by atoms with E-state index in [2.05, 4.69) is 10.1 Å². The molecular weight excluding hydrogens is 377 g/mol. The molecule has 1 saturated heterocycles. The van der Waals surface area contributed by atoms with Gasteiger partial charge in [0.05, 0.1) is 34.7 Å². The van der Waals surface area contributed by atoms with Gasteiger partial charge >= 0.3 is 6.18 Å². The van der Waals surface area contributed by atoms with Gasteiger partial charge in [-0.1, -0.05) is 16.5 Å². The van der Waals surface area contributed by atoms with Gasteiger partial charge in [-0.3, -0.25) is 14.9 Å². The lowest BCUT2D eigenvalue weighted by atomic mass is 10.1. The molecule has 8 nitrogen and oxygen atoms in total. The van der Waals surface area contributed by atoms with Crippen molar-refractivity contribution in [2.75, 3.05) is 24.6 Å². The summed E-state index contributed by atoms with van der Waals surface area (Å²) in [6.45, 7) is 2.82. The highest BCUT2D eigenvalue weighted by Crippen LogP contribution is 2.38. The van der Waals surface area contributed by atoms with Crippen molar-refractivity contribution < 1.29 is 22.9 Å². The Bertz CT molecular complexity index is 965. The molecule has 26 heavy (non-hydrogen) atoms. The summed E-state index contributed by atoms with van der Waals surface area (Å²) in [4.78, 5) is 32.7. The maximum Gasteiger partial charge on any atom is 0.416 e. The molecule has 1 aliphatic heterocycles. The maximum absolute atomic E-state index is 12.9. The van der Waals surface area contributed by atoms with E-state index in [1.165, 1.54) is 0 Å². The van der Waals surface area contributed by atoms with Crippen LogP contribution in [0.2, 0.25) is 0 Å². The van der Waals surface area contributed by atoms with Crippen LogP contribution in [-0.2, 0) is 11.0 Å². The van der Waals surface area contributed by atoms with Gasteiger partial charge in [-0.25, -0.2) is 0 Å². The van der Waals surface area contributed by atoms with Gasteiger partial charge in [0.15, 0.2) is 5.13 Å². The minimum Gasteiger partial charge on any atom is -0.396 e. The van der Waals surface area contributed by atoms with Crippen molar-refractivity contribution in [1.29, 1.82) is 0 Å². The van der Waals surface area contributed by atoms with Gasteiger partial charge in [0.25, 0.3) is 11.2 Å². The predicted molar refractivity (Wildman–Crippen MR) is 88.8 cm³/mol. The molecule has 0 radical (unpaired) electrons. The van der Waals surface area contributed by atoms with Crippen molar-refractivity contribution in [3.8, 4) is 0 Å². The Balaban J connectivity index is 2.07. The fourth-order valence-corrected chi connectivity index (χ4v) is 3.38. The molecule has 0 N–H and O–H groups in total. The molecule has 0 atom stereocenters. The number of non-ortho nitro benzene ring substituents is 1. The van der Waals surface area contributed by atoms with Crippen LogP contribution in [0.15, 0.2) is 22.1 Å². The van der Waals surface area contributed by atoms with Crippen LogP contribution in [0, 0.1) is 10.1 Å². The van der Waals surface area contributed by atoms with Crippen molar-refractivity contribution in [3.05, 3.63) is 38.2 Å². The lowest BCUT2D eigenvalue weighted by molar-refractivity contribution is -0.383. The largest absolute Gasteiger partial charge is 0.416 e. The number of nitrogens with zero attached hydrogens (tertiary/aromatic N) is 4. The van der Waals surface area contributed by atoms with Crippen LogP contribution in [-0.4, -0.2) is 35.3 Å². The van der Waals surface area contributed by atoms with Crippen molar-refractivity contribution in [2.45, 2.75) is 13.1 Å². The zero-order valence-electron chi connectivity index (χ0n) is 13.2. The fraction of sp³-hybridized carbons (Fsp3) is 0.357. The normalized spacial score (nSPS) is 14.3. The third kappa shape index (κ3) is 3.31. The van der Waals surface area contributed by atoms with Crippen molar-refractivity contribution in [1.82, 2.24) is 4.98 Å². The first kappa shape index (κ1) is 18.0. The first-order valence-corrected chi connectivity index (χ1v) is 8.15. The van der Waals surface area contributed by atoms with E-state index in [0.717, 1.165) is 11.3 Å². The summed E-state index contributed by atoms with van der Waals surface area (Å²) in [6.07, 6.45) is -4.81. The minimum absolute atomic E-state index is 0.145. The molecule has 12 heteroatoms. The molecule has 0 unspecified atom stereocenters. The highest BCUT2D eigenvalue weighted by molar-refractivity contribution is 7.22. The number of aromatic nitrogens is 1. The third-order valence-corrected chi connectivity index (χ3v) is 4.72. The van der Waals surface area contributed by atoms with Crippen LogP contribution in [0.3, 0.4) is 0 Å². The Kier molecular flexibility index (Phi) is 4.52. The molecule has 1 aliphatic rings. The summed E-state index contributed by atoms with van der Waals surface area (Å²) in [5.41, 5.74) is -2.27. The molecule has 1 aromatic heterocycles. The average molecular weight is 388 g/mol. The van der Waals surface area contributed by atoms with E-state index in [4.69, 9.17) is 4.84 Å². The molecule has 1 fully saturated rings. The van der Waals surface area contributed by atoms with E-state index >= 15 is 0 Å². The van der Waals surface area contributed by atoms with E-state index < -0.39 is 33.3 Å². The molecule has 0 spiro atoms. The topological polar surface area (TPSA) is 97.9 Å². The molecule has 138 valence electrons. The monoisotopic (exact) mass is 388 g/mol. The Morgan fingerprint density at radius 2 is 2.12 bits per heavy atom. The second kappa shape index (κ2) is 6.52. The number of halogens is 3. The van der Waals surface area contributed by atoms with E-state index in [0.29, 0.717) is 37.5 Å². The third-order valence-electron chi connectivity index (χ3n) is 3.55. The maximum atomic E-state index is 12.9. The Hall–Kier alpha value is -2.76. The van der Waals surface area contributed by atoms with Crippen LogP contribution in [0.1, 0.15) is 12.5 Å². The molecule has 0 saturated carbocycles. The zero-order valence-corrected chi connectivity index (χ0v) is 14.1. The first-order chi connectivity index (χ1) is 12.2. The van der Waals surface area contributed by atoms with Gasteiger partial charge in [-0.2, -0.15) is 18.2 Å². The van der Waals surface area contributed by atoms with Gasteiger partial charge in [-0.15, -0.1) is 0 Å². The summed E-state index contributed by atoms with van der Waals surface area (Å²) in [5, 5.41) is 14.8. The summed E-state index contributed by atoms with van der Waals surface area (Å²) >= 11 is 0.795. The fourth-order valence-electron chi connectivity index (χ4n) is 2.32. The molecule has 2 aromatic rings. The Labute approximate surface area is 147 Å². The molecule has 0 aliphatic carbocycles. The Morgan fingerprint density at radius 3 is 2.69 bits per heavy atom. The van der Waals surface area contributed by atoms with Crippen molar-refractivity contribution >= 4 is 38.0 Å². The second-order valence-electron chi connectivity index (χ2n) is 5.36. The van der Waals surface area contributed by atoms with Crippen LogP contribution in [0.25, 0.3) is 10.1 Å². The second-order valence-corrected chi connectivity index (χ2v) is 6.34. The summed E-state index contributed by atoms with van der Waals surface area (Å²) in [6, 6.07) is 1.02. The van der Waals surface area contributed by atoms with E-state index in [9.17, 15) is 28.1 Å². The van der Waals surface area contributed by atoms with E-state index in [-0.39, 0.29) is 9.83 Å². The highest BCUT2D eigenvalue weighted by atomic mass is 32.1. The number of nitro groups is 1. The lowest BCUT2D eigenvalue weighted by Crippen LogP contribution is -2.48. The summed E-state index contributed by atoms with van der Waals surface area (Å²) in [7, 11) is 0. The first-order valence-electron chi connectivity index (χ1n) is 7.34. The van der Waals surface area contributed by atoms with Crippen LogP contribution < -0.4 is 10.5 Å². The van der Waals surface area contributed by atoms with Gasteiger partial charge in [0.1, 0.15) is 11.3 Å². The molecule has 0 amide bonds. The number of oxime groups is 1. The van der Waals surface area contributed by atoms with Crippen molar-refractivity contribution in [2.24, 2.45) is 5.16 Å². The number of benzene rings is 1. The Morgan fingerprint density at radius 1 is 1.42 bits per heavy atom. The van der Waals surface area contributed by atoms with E-state index in [1.807, 2.05) is 0 Å². The molecular formula is C14H11F3N4O4S. The molecule has 2 heterocycles. The SMILES string of the molecule is CCON=C1CN(c2nc(=O)c3cc(C(F)(F)F)cc([N+](=O)[O-])c3s2)C1. The van der Waals surface area contributed by atoms with E-state index in [1.54, 1.807) is 11.8 Å². The van der Waals surface area contributed by atoms with Crippen molar-refractivity contribution in [3.63, 3.8) is 0 Å². The summed E-state index contributed by atoms with van der Waals surface area (Å²) < 4.78 is 38.7. The summed E-state index contributed by atoms with van der Waals surface area (Å²) in [5.74, 6) is 0. The standard InChI is InChI=1S/C14H11F3N4O4S/c1-2-25-19-8-5-20(6-8)13-18-12(22)9-3-7(14(15,16)17)4-10(21(23)24)11(9)26-13/h3-4H,2,5-6H2,1H3. The van der Waals surface area contributed by atoms with Crippen LogP contribution in [0.4, 0.5) is 24.0 Å². The molecule has 3 rings (SSSR count). The van der Waals surface area contributed by atoms with Crippen LogP contribution >= 0.6 is 11.3 Å². The number of fused-ring (bicyclic) bond motifs is 1. The van der Waals surface area contributed by atoms with Crippen LogP contribution in [0.5, 0.6) is 0 Å². The quantitative estimate of drug-likeness (QED) is 0.590.